The van der Waals surface area contributed by atoms with E-state index in [-0.39, 0.29) is 18.7 Å². The molecule has 1 amide bonds. The number of carbonyl (C=O) groups is 1. The molecule has 3 aromatic heterocycles. The zero-order valence-electron chi connectivity index (χ0n) is 23.5. The molecule has 1 aromatic carbocycles. The first-order valence-corrected chi connectivity index (χ1v) is 15.9. The van der Waals surface area contributed by atoms with Crippen LogP contribution in [0.1, 0.15) is 35.3 Å². The predicted molar refractivity (Wildman–Crippen MR) is 157 cm³/mol. The Hall–Kier alpha value is -4.59. The van der Waals surface area contributed by atoms with Gasteiger partial charge in [-0.15, -0.1) is 0 Å². The average molecular weight is 623 g/mol. The van der Waals surface area contributed by atoms with Crippen molar-refractivity contribution in [2.45, 2.75) is 36.2 Å². The minimum atomic E-state index is -4.52. The average Bonchev–Trinajstić information content (AvgIpc) is 3.55. The van der Waals surface area contributed by atoms with Crippen molar-refractivity contribution in [1.29, 1.82) is 0 Å². The van der Waals surface area contributed by atoms with Crippen LogP contribution in [0, 0.1) is 5.82 Å². The molecule has 0 radical (unpaired) electrons. The van der Waals surface area contributed by atoms with Gasteiger partial charge in [0.1, 0.15) is 23.1 Å². The van der Waals surface area contributed by atoms with E-state index in [0.29, 0.717) is 41.7 Å². The molecule has 44 heavy (non-hydrogen) atoms. The second kappa shape index (κ2) is 11.2. The van der Waals surface area contributed by atoms with Gasteiger partial charge >= 0.3 is 0 Å². The van der Waals surface area contributed by atoms with Crippen LogP contribution < -0.4 is 24.6 Å². The fourth-order valence-electron chi connectivity index (χ4n) is 5.59. The van der Waals surface area contributed by atoms with Gasteiger partial charge in [0.25, 0.3) is 5.91 Å². The highest BCUT2D eigenvalue weighted by atomic mass is 32.2. The third kappa shape index (κ3) is 5.12. The van der Waals surface area contributed by atoms with Gasteiger partial charge in [-0.1, -0.05) is 0 Å². The van der Waals surface area contributed by atoms with Gasteiger partial charge in [-0.05, 0) is 55.3 Å². The number of carbonyl (C=O) groups excluding carboxylic acids is 1. The van der Waals surface area contributed by atoms with E-state index in [0.717, 1.165) is 49.3 Å². The summed E-state index contributed by atoms with van der Waals surface area (Å²) < 4.78 is 65.1. The minimum Gasteiger partial charge on any atom is -0.489 e. The number of rotatable bonds is 5. The SMILES string of the molecule is O=C(NCc1cc2nc(N3CCOc4ccc(N5CCCC5)nc43)ccc2cn1)c1cc(F)c2c(c1)S(=O)(=O)[C@@H](F)CCO2. The second-order valence-electron chi connectivity index (χ2n) is 10.8. The summed E-state index contributed by atoms with van der Waals surface area (Å²) >= 11 is 0. The molecule has 0 bridgehead atoms. The topological polar surface area (TPSA) is 127 Å². The Bertz CT molecular complexity index is 1890. The summed E-state index contributed by atoms with van der Waals surface area (Å²) in [5, 5.41) is 3.41. The van der Waals surface area contributed by atoms with Crippen LogP contribution in [0.3, 0.4) is 0 Å². The molecule has 0 spiro atoms. The van der Waals surface area contributed by atoms with Gasteiger partial charge in [-0.25, -0.2) is 27.2 Å². The largest absolute Gasteiger partial charge is 0.489 e. The molecule has 3 aliphatic rings. The number of amides is 1. The van der Waals surface area contributed by atoms with E-state index < -0.39 is 44.1 Å². The molecule has 228 valence electrons. The maximum atomic E-state index is 14.7. The minimum absolute atomic E-state index is 0.0461. The zero-order valence-corrected chi connectivity index (χ0v) is 24.3. The summed E-state index contributed by atoms with van der Waals surface area (Å²) in [6, 6.07) is 11.3. The lowest BCUT2D eigenvalue weighted by atomic mass is 10.2. The molecule has 3 aliphatic heterocycles. The zero-order chi connectivity index (χ0) is 30.4. The van der Waals surface area contributed by atoms with Crippen molar-refractivity contribution >= 4 is 44.1 Å². The number of fused-ring (bicyclic) bond motifs is 3. The van der Waals surface area contributed by atoms with Crippen LogP contribution >= 0.6 is 0 Å². The van der Waals surface area contributed by atoms with Crippen LogP contribution in [0.2, 0.25) is 0 Å². The summed E-state index contributed by atoms with van der Waals surface area (Å²) in [7, 11) is -4.52. The van der Waals surface area contributed by atoms with Gasteiger partial charge < -0.3 is 24.6 Å². The molecule has 11 nitrogen and oxygen atoms in total. The molecule has 14 heteroatoms. The smallest absolute Gasteiger partial charge is 0.251 e. The van der Waals surface area contributed by atoms with E-state index >= 15 is 0 Å². The van der Waals surface area contributed by atoms with E-state index in [9.17, 15) is 22.0 Å². The Kier molecular flexibility index (Phi) is 7.15. The molecule has 1 N–H and O–H groups in total. The number of aromatic nitrogens is 3. The number of pyridine rings is 3. The number of anilines is 3. The standard InChI is InChI=1S/C30H28F2N6O5S/c31-21-13-19(14-24-28(21)43-11-7-25(32)44(24,40)41)30(39)34-17-20-15-22-18(16-33-20)3-5-27(35-22)38-10-12-42-23-4-6-26(36-29(23)38)37-8-1-2-9-37/h3-6,13-16,25H,1-2,7-12,17H2,(H,34,39)/t25-/m1/s1. The monoisotopic (exact) mass is 622 g/mol. The highest BCUT2D eigenvalue weighted by Gasteiger charge is 2.35. The Balaban J connectivity index is 1.12. The van der Waals surface area contributed by atoms with Gasteiger partial charge in [-0.2, -0.15) is 0 Å². The van der Waals surface area contributed by atoms with Gasteiger partial charge in [0.05, 0.1) is 30.9 Å². The molecule has 1 atom stereocenters. The second-order valence-corrected chi connectivity index (χ2v) is 12.8. The highest BCUT2D eigenvalue weighted by molar-refractivity contribution is 7.92. The number of hydrogen-bond acceptors (Lipinski definition) is 10. The lowest BCUT2D eigenvalue weighted by Crippen LogP contribution is -2.31. The quantitative estimate of drug-likeness (QED) is 0.348. The molecule has 7 rings (SSSR count). The van der Waals surface area contributed by atoms with Crippen LogP contribution in [0.15, 0.2) is 53.6 Å². The number of benzene rings is 1. The van der Waals surface area contributed by atoms with Crippen molar-refractivity contribution in [3.8, 4) is 11.5 Å². The highest BCUT2D eigenvalue weighted by Crippen LogP contribution is 2.37. The Morgan fingerprint density at radius 1 is 1.00 bits per heavy atom. The van der Waals surface area contributed by atoms with Crippen LogP contribution in [-0.2, 0) is 16.4 Å². The third-order valence-electron chi connectivity index (χ3n) is 7.91. The van der Waals surface area contributed by atoms with Crippen LogP contribution in [0.5, 0.6) is 11.5 Å². The fourth-order valence-corrected chi connectivity index (χ4v) is 6.98. The summed E-state index contributed by atoms with van der Waals surface area (Å²) in [4.78, 5) is 30.7. The van der Waals surface area contributed by atoms with Crippen molar-refractivity contribution in [3.05, 3.63) is 65.7 Å². The number of nitrogens with one attached hydrogen (secondary N) is 1. The summed E-state index contributed by atoms with van der Waals surface area (Å²) in [5.41, 5.74) is -1.42. The predicted octanol–water partition coefficient (Wildman–Crippen LogP) is 4.08. The lowest BCUT2D eigenvalue weighted by molar-refractivity contribution is 0.0949. The van der Waals surface area contributed by atoms with E-state index in [1.807, 2.05) is 29.2 Å². The Morgan fingerprint density at radius 2 is 1.82 bits per heavy atom. The molecular weight excluding hydrogens is 594 g/mol. The first kappa shape index (κ1) is 28.2. The van der Waals surface area contributed by atoms with Gasteiger partial charge in [-0.3, -0.25) is 9.78 Å². The van der Waals surface area contributed by atoms with E-state index in [4.69, 9.17) is 19.4 Å². The molecule has 1 saturated heterocycles. The Morgan fingerprint density at radius 3 is 2.66 bits per heavy atom. The number of hydrogen-bond donors (Lipinski definition) is 1. The van der Waals surface area contributed by atoms with Crippen LogP contribution in [0.4, 0.5) is 26.2 Å². The number of ether oxygens (including phenoxy) is 2. The number of halogens is 2. The van der Waals surface area contributed by atoms with Gasteiger partial charge in [0.2, 0.25) is 15.3 Å². The van der Waals surface area contributed by atoms with Gasteiger partial charge in [0.15, 0.2) is 23.1 Å². The first-order valence-electron chi connectivity index (χ1n) is 14.3. The molecule has 6 heterocycles. The third-order valence-corrected chi connectivity index (χ3v) is 9.74. The molecule has 1 fully saturated rings. The number of alkyl halides is 1. The molecular formula is C30H28F2N6O5S. The normalized spacial score (nSPS) is 19.0. The van der Waals surface area contributed by atoms with E-state index in [1.165, 1.54) is 0 Å². The summed E-state index contributed by atoms with van der Waals surface area (Å²) in [5.74, 6) is 0.592. The van der Waals surface area contributed by atoms with Gasteiger partial charge in [0, 0.05) is 36.7 Å². The molecule has 0 aliphatic carbocycles. The van der Waals surface area contributed by atoms with Crippen molar-refractivity contribution in [2.24, 2.45) is 0 Å². The summed E-state index contributed by atoms with van der Waals surface area (Å²) in [6.45, 7) is 2.65. The van der Waals surface area contributed by atoms with Crippen molar-refractivity contribution in [3.63, 3.8) is 0 Å². The van der Waals surface area contributed by atoms with E-state index in [1.54, 1.807) is 12.3 Å². The lowest BCUT2D eigenvalue weighted by Gasteiger charge is -2.30. The first-order chi connectivity index (χ1) is 21.3. The van der Waals surface area contributed by atoms with Crippen LogP contribution in [-0.4, -0.2) is 67.6 Å². The molecule has 4 aromatic rings. The molecule has 0 saturated carbocycles. The van der Waals surface area contributed by atoms with Crippen LogP contribution in [0.25, 0.3) is 10.9 Å². The maximum Gasteiger partial charge on any atom is 0.251 e. The number of sulfone groups is 1. The number of nitrogens with zero attached hydrogens (tertiary/aromatic N) is 5. The van der Waals surface area contributed by atoms with Crippen molar-refractivity contribution in [2.75, 3.05) is 42.6 Å². The Labute approximate surface area is 251 Å². The molecule has 0 unspecified atom stereocenters. The summed E-state index contributed by atoms with van der Waals surface area (Å²) in [6.07, 6.45) is 3.48. The van der Waals surface area contributed by atoms with Crippen molar-refractivity contribution < 1.29 is 31.5 Å². The van der Waals surface area contributed by atoms with E-state index in [2.05, 4.69) is 15.2 Å². The van der Waals surface area contributed by atoms with Crippen molar-refractivity contribution in [1.82, 2.24) is 20.3 Å². The fraction of sp³-hybridized carbons (Fsp3) is 0.333. The maximum absolute atomic E-state index is 14.7.